The monoisotopic (exact) mass is 387 g/mol. The van der Waals surface area contributed by atoms with Crippen LogP contribution in [0.15, 0.2) is 0 Å². The summed E-state index contributed by atoms with van der Waals surface area (Å²) < 4.78 is 0.424. The van der Waals surface area contributed by atoms with E-state index in [0.717, 1.165) is 25.8 Å². The maximum atomic E-state index is 12.5. The number of carbonyl (C=O) groups is 3. The molecule has 4 N–H and O–H groups in total. The lowest BCUT2D eigenvalue weighted by Crippen LogP contribution is -2.53. The SMILES string of the molecule is CCCC(=O)CNC(=O)[C@H](CCCC[N+](C)(C)OC)NC(=O)C(N)C(C)C. The molecule has 0 saturated heterocycles. The van der Waals surface area contributed by atoms with E-state index in [4.69, 9.17) is 10.6 Å². The fourth-order valence-electron chi connectivity index (χ4n) is 2.45. The topological polar surface area (TPSA) is 111 Å². The molecule has 0 bridgehead atoms. The summed E-state index contributed by atoms with van der Waals surface area (Å²) in [6, 6.07) is -1.37. The fraction of sp³-hybridized carbons (Fsp3) is 0.842. The van der Waals surface area contributed by atoms with E-state index in [0.29, 0.717) is 17.5 Å². The molecule has 0 spiro atoms. The number of unbranched alkanes of at least 4 members (excludes halogenated alkanes) is 1. The highest BCUT2D eigenvalue weighted by atomic mass is 16.7. The Morgan fingerprint density at radius 2 is 1.74 bits per heavy atom. The zero-order chi connectivity index (χ0) is 21.0. The number of nitrogens with zero attached hydrogens (tertiary/aromatic N) is 1. The predicted octanol–water partition coefficient (Wildman–Crippen LogP) is 0.748. The maximum Gasteiger partial charge on any atom is 0.242 e. The maximum absolute atomic E-state index is 12.5. The van der Waals surface area contributed by atoms with Gasteiger partial charge in [-0.3, -0.25) is 14.4 Å². The standard InChI is InChI=1S/C19H38N4O4/c1-7-10-15(24)13-21-18(25)16(22-19(26)17(20)14(2)3)11-8-9-12-23(4,5)27-6/h14,16-17H,7-13,20H2,1-6H3,(H-,21,22,25,26)/p+1/t16-,17?/m0/s1. The van der Waals surface area contributed by atoms with Gasteiger partial charge in [0.1, 0.15) is 12.6 Å². The van der Waals surface area contributed by atoms with Gasteiger partial charge in [0.05, 0.1) is 33.8 Å². The molecule has 0 aliphatic heterocycles. The number of rotatable bonds is 14. The van der Waals surface area contributed by atoms with Crippen LogP contribution in [0.2, 0.25) is 0 Å². The van der Waals surface area contributed by atoms with E-state index in [2.05, 4.69) is 10.6 Å². The molecule has 27 heavy (non-hydrogen) atoms. The molecule has 158 valence electrons. The number of hydrogen-bond donors (Lipinski definition) is 3. The largest absolute Gasteiger partial charge is 0.347 e. The fourth-order valence-corrected chi connectivity index (χ4v) is 2.45. The van der Waals surface area contributed by atoms with Crippen LogP contribution in [0.25, 0.3) is 0 Å². The Balaban J connectivity index is 4.76. The predicted molar refractivity (Wildman–Crippen MR) is 106 cm³/mol. The molecule has 0 aromatic carbocycles. The van der Waals surface area contributed by atoms with E-state index in [9.17, 15) is 14.4 Å². The Morgan fingerprint density at radius 3 is 2.26 bits per heavy atom. The van der Waals surface area contributed by atoms with Gasteiger partial charge in [-0.1, -0.05) is 20.8 Å². The zero-order valence-electron chi connectivity index (χ0n) is 17.8. The van der Waals surface area contributed by atoms with Gasteiger partial charge < -0.3 is 16.4 Å². The molecule has 1 unspecified atom stereocenters. The smallest absolute Gasteiger partial charge is 0.242 e. The lowest BCUT2D eigenvalue weighted by atomic mass is 10.0. The Bertz CT molecular complexity index is 480. The van der Waals surface area contributed by atoms with Crippen molar-refractivity contribution in [1.29, 1.82) is 0 Å². The number of carbonyl (C=O) groups excluding carboxylic acids is 3. The van der Waals surface area contributed by atoms with Crippen LogP contribution in [0.4, 0.5) is 0 Å². The zero-order valence-corrected chi connectivity index (χ0v) is 17.8. The molecule has 8 nitrogen and oxygen atoms in total. The van der Waals surface area contributed by atoms with Gasteiger partial charge in [0.25, 0.3) is 0 Å². The van der Waals surface area contributed by atoms with E-state index >= 15 is 0 Å². The van der Waals surface area contributed by atoms with Crippen molar-refractivity contribution in [2.45, 2.75) is 65.0 Å². The molecule has 0 radical (unpaired) electrons. The number of hydrogen-bond acceptors (Lipinski definition) is 5. The van der Waals surface area contributed by atoms with Crippen molar-refractivity contribution in [3.63, 3.8) is 0 Å². The highest BCUT2D eigenvalue weighted by Gasteiger charge is 2.25. The first-order valence-corrected chi connectivity index (χ1v) is 9.78. The van der Waals surface area contributed by atoms with Crippen LogP contribution >= 0.6 is 0 Å². The number of ketones is 1. The van der Waals surface area contributed by atoms with E-state index < -0.39 is 12.1 Å². The van der Waals surface area contributed by atoms with Gasteiger partial charge >= 0.3 is 0 Å². The second-order valence-corrected chi connectivity index (χ2v) is 7.81. The van der Waals surface area contributed by atoms with E-state index in [1.54, 1.807) is 7.11 Å². The minimum atomic E-state index is -0.699. The van der Waals surface area contributed by atoms with E-state index in [-0.39, 0.29) is 30.1 Å². The van der Waals surface area contributed by atoms with Gasteiger partial charge in [-0.2, -0.15) is 4.65 Å². The van der Waals surface area contributed by atoms with Gasteiger partial charge in [0, 0.05) is 6.42 Å². The van der Waals surface area contributed by atoms with E-state index in [1.165, 1.54) is 0 Å². The molecule has 0 heterocycles. The summed E-state index contributed by atoms with van der Waals surface area (Å²) in [5.74, 6) is -0.740. The van der Waals surface area contributed by atoms with Crippen molar-refractivity contribution in [1.82, 2.24) is 10.6 Å². The third-order valence-electron chi connectivity index (χ3n) is 4.58. The summed E-state index contributed by atoms with van der Waals surface area (Å²) >= 11 is 0. The Hall–Kier alpha value is -1.51. The number of amides is 2. The first-order valence-electron chi connectivity index (χ1n) is 9.78. The third-order valence-corrected chi connectivity index (χ3v) is 4.58. The molecule has 0 aromatic rings. The number of quaternary nitrogens is 1. The van der Waals surface area contributed by atoms with Crippen LogP contribution in [-0.2, 0) is 19.2 Å². The van der Waals surface area contributed by atoms with E-state index in [1.807, 2.05) is 34.9 Å². The second kappa shape index (κ2) is 12.8. The Labute approximate surface area is 163 Å². The summed E-state index contributed by atoms with van der Waals surface area (Å²) in [6.07, 6.45) is 3.23. The molecule has 0 fully saturated rings. The molecule has 0 aromatic heterocycles. The molecule has 0 aliphatic carbocycles. The third kappa shape index (κ3) is 11.0. The van der Waals surface area contributed by atoms with Crippen LogP contribution < -0.4 is 16.4 Å². The number of Topliss-reactive ketones (excluding diaryl/α,β-unsaturated/α-hetero) is 1. The summed E-state index contributed by atoms with van der Waals surface area (Å²) in [5.41, 5.74) is 5.88. The quantitative estimate of drug-likeness (QED) is 0.231. The number of hydroxylamine groups is 3. The van der Waals surface area contributed by atoms with Crippen molar-refractivity contribution >= 4 is 17.6 Å². The first kappa shape index (κ1) is 25.5. The average molecular weight is 388 g/mol. The van der Waals surface area contributed by atoms with Crippen LogP contribution in [0.3, 0.4) is 0 Å². The molecule has 8 heteroatoms. The molecular weight excluding hydrogens is 348 g/mol. The van der Waals surface area contributed by atoms with Crippen molar-refractivity contribution < 1.29 is 23.9 Å². The summed E-state index contributed by atoms with van der Waals surface area (Å²) in [7, 11) is 5.55. The Morgan fingerprint density at radius 1 is 1.11 bits per heavy atom. The molecule has 0 aliphatic rings. The van der Waals surface area contributed by atoms with Crippen molar-refractivity contribution in [2.24, 2.45) is 11.7 Å². The molecule has 2 amide bonds. The van der Waals surface area contributed by atoms with Gasteiger partial charge in [0.15, 0.2) is 5.78 Å². The summed E-state index contributed by atoms with van der Waals surface area (Å²) in [6.45, 7) is 6.40. The molecule has 0 saturated carbocycles. The van der Waals surface area contributed by atoms with Gasteiger partial charge in [-0.15, -0.1) is 0 Å². The molecule has 0 rings (SSSR count). The van der Waals surface area contributed by atoms with Crippen LogP contribution in [0.1, 0.15) is 52.9 Å². The highest BCUT2D eigenvalue weighted by molar-refractivity contribution is 5.92. The summed E-state index contributed by atoms with van der Waals surface area (Å²) in [4.78, 5) is 41.7. The molecule has 2 atom stereocenters. The van der Waals surface area contributed by atoms with Crippen LogP contribution in [-0.4, -0.2) is 68.6 Å². The minimum absolute atomic E-state index is 0.0110. The van der Waals surface area contributed by atoms with Crippen LogP contribution in [0.5, 0.6) is 0 Å². The lowest BCUT2D eigenvalue weighted by Gasteiger charge is -2.25. The van der Waals surface area contributed by atoms with Gasteiger partial charge in [0.2, 0.25) is 11.8 Å². The molecular formula is C19H39N4O4+. The summed E-state index contributed by atoms with van der Waals surface area (Å²) in [5, 5.41) is 5.38. The van der Waals surface area contributed by atoms with Gasteiger partial charge in [-0.05, 0) is 31.6 Å². The average Bonchev–Trinajstić information content (AvgIpc) is 2.61. The number of nitrogens with two attached hydrogens (primary N) is 1. The highest BCUT2D eigenvalue weighted by Crippen LogP contribution is 2.08. The lowest BCUT2D eigenvalue weighted by molar-refractivity contribution is -1.07. The van der Waals surface area contributed by atoms with Crippen molar-refractivity contribution in [3.8, 4) is 0 Å². The first-order chi connectivity index (χ1) is 12.5. The van der Waals surface area contributed by atoms with Crippen LogP contribution in [0, 0.1) is 5.92 Å². The van der Waals surface area contributed by atoms with Crippen molar-refractivity contribution in [3.05, 3.63) is 0 Å². The van der Waals surface area contributed by atoms with Crippen molar-refractivity contribution in [2.75, 3.05) is 34.3 Å². The van der Waals surface area contributed by atoms with Gasteiger partial charge in [-0.25, -0.2) is 4.84 Å². The normalized spacial score (nSPS) is 13.9. The number of nitrogens with one attached hydrogen (secondary N) is 2. The second-order valence-electron chi connectivity index (χ2n) is 7.81. The minimum Gasteiger partial charge on any atom is -0.347 e. The Kier molecular flexibility index (Phi) is 12.1.